The summed E-state index contributed by atoms with van der Waals surface area (Å²) in [7, 11) is 0. The van der Waals surface area contributed by atoms with E-state index in [4.69, 9.17) is 0 Å². The normalized spacial score (nSPS) is 17.6. The van der Waals surface area contributed by atoms with Gasteiger partial charge in [0, 0.05) is 16.9 Å². The molecule has 0 bridgehead atoms. The van der Waals surface area contributed by atoms with Crippen molar-refractivity contribution in [3.8, 4) is 0 Å². The molecule has 1 unspecified atom stereocenters. The summed E-state index contributed by atoms with van der Waals surface area (Å²) in [6.45, 7) is 7.00. The highest BCUT2D eigenvalue weighted by Crippen LogP contribution is 2.19. The molecule has 0 spiro atoms. The third kappa shape index (κ3) is 5.13. The van der Waals surface area contributed by atoms with Crippen LogP contribution in [0.3, 0.4) is 0 Å². The van der Waals surface area contributed by atoms with Crippen LogP contribution in [0.4, 0.5) is 0 Å². The first-order valence-corrected chi connectivity index (χ1v) is 10.0. The van der Waals surface area contributed by atoms with Crippen LogP contribution in [0.2, 0.25) is 0 Å². The minimum absolute atomic E-state index is 0.0371. The molecule has 5 heteroatoms. The van der Waals surface area contributed by atoms with Gasteiger partial charge >= 0.3 is 0 Å². The number of hydrogen-bond donors (Lipinski definition) is 2. The zero-order valence-corrected chi connectivity index (χ0v) is 15.9. The molecule has 1 atom stereocenters. The molecular weight excluding hydrogens is 330 g/mol. The fourth-order valence-electron chi connectivity index (χ4n) is 3.17. The Balaban J connectivity index is 1.51. The largest absolute Gasteiger partial charge is 0.346 e. The molecule has 1 aromatic heterocycles. The van der Waals surface area contributed by atoms with Crippen LogP contribution in [-0.2, 0) is 13.0 Å². The molecule has 2 aromatic rings. The molecule has 0 aliphatic carbocycles. The Kier molecular flexibility index (Phi) is 6.21. The van der Waals surface area contributed by atoms with Gasteiger partial charge in [-0.05, 0) is 56.0 Å². The van der Waals surface area contributed by atoms with Crippen LogP contribution >= 0.6 is 11.3 Å². The standard InChI is InChI=1S/C20H27N3OS/c1-14(2)20-23-18(13-25-20)12-22-19(24)17-7-5-15(6-8-17)10-16-4-3-9-21-11-16/h5-8,13-14,16,21H,3-4,9-12H2,1-2H3,(H,22,24). The van der Waals surface area contributed by atoms with E-state index in [9.17, 15) is 4.79 Å². The first kappa shape index (κ1) is 18.1. The number of amides is 1. The second kappa shape index (κ2) is 8.59. The van der Waals surface area contributed by atoms with Gasteiger partial charge in [-0.1, -0.05) is 26.0 Å². The lowest BCUT2D eigenvalue weighted by Crippen LogP contribution is -2.30. The summed E-state index contributed by atoms with van der Waals surface area (Å²) in [6.07, 6.45) is 3.65. The summed E-state index contributed by atoms with van der Waals surface area (Å²) in [6, 6.07) is 8.04. The SMILES string of the molecule is CC(C)c1nc(CNC(=O)c2ccc(CC3CCCNC3)cc2)cs1. The molecular formula is C20H27N3OS. The minimum atomic E-state index is -0.0371. The van der Waals surface area contributed by atoms with E-state index >= 15 is 0 Å². The van der Waals surface area contributed by atoms with Crippen LogP contribution in [0.15, 0.2) is 29.6 Å². The van der Waals surface area contributed by atoms with Crippen molar-refractivity contribution in [1.29, 1.82) is 0 Å². The van der Waals surface area contributed by atoms with Crippen molar-refractivity contribution >= 4 is 17.2 Å². The zero-order chi connectivity index (χ0) is 17.6. The first-order chi connectivity index (χ1) is 12.1. The van der Waals surface area contributed by atoms with Crippen molar-refractivity contribution in [2.75, 3.05) is 13.1 Å². The molecule has 0 radical (unpaired) electrons. The Bertz CT molecular complexity index is 687. The summed E-state index contributed by atoms with van der Waals surface area (Å²) < 4.78 is 0. The molecule has 1 aliphatic heterocycles. The predicted molar refractivity (Wildman–Crippen MR) is 103 cm³/mol. The zero-order valence-electron chi connectivity index (χ0n) is 15.0. The molecule has 25 heavy (non-hydrogen) atoms. The first-order valence-electron chi connectivity index (χ1n) is 9.14. The van der Waals surface area contributed by atoms with Crippen LogP contribution in [0.1, 0.15) is 59.2 Å². The predicted octanol–water partition coefficient (Wildman–Crippen LogP) is 3.74. The van der Waals surface area contributed by atoms with Crippen molar-refractivity contribution in [1.82, 2.24) is 15.6 Å². The van der Waals surface area contributed by atoms with Gasteiger partial charge in [-0.15, -0.1) is 11.3 Å². The average Bonchev–Trinajstić information content (AvgIpc) is 3.11. The number of thiazole rings is 1. The lowest BCUT2D eigenvalue weighted by atomic mass is 9.92. The molecule has 2 heterocycles. The van der Waals surface area contributed by atoms with Gasteiger partial charge < -0.3 is 10.6 Å². The Hall–Kier alpha value is -1.72. The van der Waals surface area contributed by atoms with Gasteiger partial charge in [0.05, 0.1) is 17.2 Å². The fraction of sp³-hybridized carbons (Fsp3) is 0.500. The lowest BCUT2D eigenvalue weighted by Gasteiger charge is -2.22. The highest BCUT2D eigenvalue weighted by molar-refractivity contribution is 7.09. The molecule has 1 aliphatic rings. The van der Waals surface area contributed by atoms with Crippen molar-refractivity contribution in [3.63, 3.8) is 0 Å². The quantitative estimate of drug-likeness (QED) is 0.828. The average molecular weight is 358 g/mol. The van der Waals surface area contributed by atoms with E-state index in [0.717, 1.165) is 30.2 Å². The number of carbonyl (C=O) groups excluding carboxylic acids is 1. The molecule has 1 fully saturated rings. The number of nitrogens with zero attached hydrogens (tertiary/aromatic N) is 1. The second-order valence-corrected chi connectivity index (χ2v) is 8.02. The summed E-state index contributed by atoms with van der Waals surface area (Å²) >= 11 is 1.66. The van der Waals surface area contributed by atoms with Crippen LogP contribution in [0.25, 0.3) is 0 Å². The Morgan fingerprint density at radius 3 is 2.80 bits per heavy atom. The number of piperidine rings is 1. The van der Waals surface area contributed by atoms with Crippen LogP contribution < -0.4 is 10.6 Å². The minimum Gasteiger partial charge on any atom is -0.346 e. The number of aromatic nitrogens is 1. The van der Waals surface area contributed by atoms with Gasteiger partial charge in [0.15, 0.2) is 0 Å². The van der Waals surface area contributed by atoms with Gasteiger partial charge in [-0.2, -0.15) is 0 Å². The third-order valence-corrected chi connectivity index (χ3v) is 5.83. The highest BCUT2D eigenvalue weighted by Gasteiger charge is 2.14. The van der Waals surface area contributed by atoms with Gasteiger partial charge in [0.1, 0.15) is 0 Å². The smallest absolute Gasteiger partial charge is 0.251 e. The molecule has 1 amide bonds. The molecule has 1 aromatic carbocycles. The number of rotatable bonds is 6. The maximum Gasteiger partial charge on any atom is 0.251 e. The molecule has 2 N–H and O–H groups in total. The van der Waals surface area contributed by atoms with Gasteiger partial charge in [-0.25, -0.2) is 4.98 Å². The van der Waals surface area contributed by atoms with Gasteiger partial charge in [0.25, 0.3) is 5.91 Å². The Labute approximate surface area is 154 Å². The van der Waals surface area contributed by atoms with Crippen molar-refractivity contribution < 1.29 is 4.79 Å². The Morgan fingerprint density at radius 1 is 1.36 bits per heavy atom. The molecule has 134 valence electrons. The van der Waals surface area contributed by atoms with E-state index in [1.807, 2.05) is 17.5 Å². The summed E-state index contributed by atoms with van der Waals surface area (Å²) in [5, 5.41) is 9.56. The Morgan fingerprint density at radius 2 is 2.16 bits per heavy atom. The molecule has 3 rings (SSSR count). The van der Waals surface area contributed by atoms with E-state index in [1.54, 1.807) is 11.3 Å². The van der Waals surface area contributed by atoms with Crippen molar-refractivity contribution in [3.05, 3.63) is 51.5 Å². The van der Waals surface area contributed by atoms with E-state index in [1.165, 1.54) is 18.4 Å². The van der Waals surface area contributed by atoms with E-state index in [0.29, 0.717) is 23.9 Å². The monoisotopic (exact) mass is 357 g/mol. The van der Waals surface area contributed by atoms with Gasteiger partial charge in [-0.3, -0.25) is 4.79 Å². The van der Waals surface area contributed by atoms with E-state index < -0.39 is 0 Å². The number of hydrogen-bond acceptors (Lipinski definition) is 4. The summed E-state index contributed by atoms with van der Waals surface area (Å²) in [4.78, 5) is 16.9. The number of carbonyl (C=O) groups is 1. The van der Waals surface area contributed by atoms with E-state index in [-0.39, 0.29) is 5.91 Å². The number of nitrogens with one attached hydrogen (secondary N) is 2. The van der Waals surface area contributed by atoms with Crippen LogP contribution in [0, 0.1) is 5.92 Å². The molecule has 1 saturated heterocycles. The lowest BCUT2D eigenvalue weighted by molar-refractivity contribution is 0.0950. The fourth-order valence-corrected chi connectivity index (χ4v) is 4.00. The maximum absolute atomic E-state index is 12.3. The second-order valence-electron chi connectivity index (χ2n) is 7.13. The molecule has 4 nitrogen and oxygen atoms in total. The maximum atomic E-state index is 12.3. The topological polar surface area (TPSA) is 54.0 Å². The van der Waals surface area contributed by atoms with Crippen LogP contribution in [0.5, 0.6) is 0 Å². The molecule has 0 saturated carbocycles. The highest BCUT2D eigenvalue weighted by atomic mass is 32.1. The summed E-state index contributed by atoms with van der Waals surface area (Å²) in [5.74, 6) is 1.11. The number of benzene rings is 1. The van der Waals surface area contributed by atoms with E-state index in [2.05, 4.69) is 41.6 Å². The van der Waals surface area contributed by atoms with Crippen molar-refractivity contribution in [2.24, 2.45) is 5.92 Å². The van der Waals surface area contributed by atoms with Crippen molar-refractivity contribution in [2.45, 2.75) is 45.6 Å². The van der Waals surface area contributed by atoms with Crippen LogP contribution in [-0.4, -0.2) is 24.0 Å². The summed E-state index contributed by atoms with van der Waals surface area (Å²) in [5.41, 5.74) is 2.96. The van der Waals surface area contributed by atoms with Gasteiger partial charge in [0.2, 0.25) is 0 Å². The third-order valence-electron chi connectivity index (χ3n) is 4.63.